The van der Waals surface area contributed by atoms with Gasteiger partial charge in [-0.05, 0) is 19.2 Å². The van der Waals surface area contributed by atoms with Crippen LogP contribution < -0.4 is 11.1 Å². The van der Waals surface area contributed by atoms with E-state index in [1.165, 1.54) is 0 Å². The molecule has 0 amide bonds. The van der Waals surface area contributed by atoms with E-state index in [1.54, 1.807) is 0 Å². The van der Waals surface area contributed by atoms with Crippen LogP contribution in [-0.2, 0) is 0 Å². The number of aromatic amines is 1. The summed E-state index contributed by atoms with van der Waals surface area (Å²) < 4.78 is 0. The van der Waals surface area contributed by atoms with Gasteiger partial charge < -0.3 is 16.0 Å². The molecule has 0 radical (unpaired) electrons. The Bertz CT molecular complexity index is 165. The average Bonchev–Trinajstić information content (AvgIpc) is 2.43. The molecule has 0 saturated heterocycles. The van der Waals surface area contributed by atoms with E-state index in [9.17, 15) is 0 Å². The van der Waals surface area contributed by atoms with Gasteiger partial charge in [-0.25, -0.2) is 0 Å². The third-order valence-electron chi connectivity index (χ3n) is 1.58. The minimum absolute atomic E-state index is 0.259. The number of hydrogen-bond acceptors (Lipinski definition) is 2. The first-order chi connectivity index (χ1) is 4.88. The highest BCUT2D eigenvalue weighted by molar-refractivity contribution is 5.09. The number of nitrogens with two attached hydrogens (primary N) is 1. The first-order valence-corrected chi connectivity index (χ1v) is 3.39. The number of hydrogen-bond donors (Lipinski definition) is 3. The first-order valence-electron chi connectivity index (χ1n) is 3.39. The average molecular weight is 139 g/mol. The zero-order valence-electron chi connectivity index (χ0n) is 6.09. The van der Waals surface area contributed by atoms with Gasteiger partial charge in [-0.3, -0.25) is 0 Å². The van der Waals surface area contributed by atoms with Crippen LogP contribution in [0, 0.1) is 0 Å². The van der Waals surface area contributed by atoms with E-state index in [1.807, 2.05) is 25.4 Å². The van der Waals surface area contributed by atoms with Crippen molar-refractivity contribution in [2.75, 3.05) is 13.6 Å². The molecule has 1 aromatic rings. The van der Waals surface area contributed by atoms with Crippen LogP contribution in [0.2, 0.25) is 0 Å². The maximum absolute atomic E-state index is 5.49. The van der Waals surface area contributed by atoms with Crippen LogP contribution in [0.1, 0.15) is 11.7 Å². The standard InChI is InChI=1S/C7H13N3/c1-9-7(5-8)6-3-2-4-10-6/h2-4,7,9-10H,5,8H2,1H3. The fourth-order valence-corrected chi connectivity index (χ4v) is 0.961. The number of H-pyrrole nitrogens is 1. The van der Waals surface area contributed by atoms with Crippen molar-refractivity contribution in [1.82, 2.24) is 10.3 Å². The number of rotatable bonds is 3. The molecule has 4 N–H and O–H groups in total. The number of aromatic nitrogens is 1. The molecule has 0 aliphatic carbocycles. The molecule has 3 heteroatoms. The van der Waals surface area contributed by atoms with Crippen molar-refractivity contribution in [3.05, 3.63) is 24.0 Å². The summed E-state index contributed by atoms with van der Waals surface area (Å²) >= 11 is 0. The van der Waals surface area contributed by atoms with Gasteiger partial charge in [0.1, 0.15) is 0 Å². The zero-order chi connectivity index (χ0) is 7.40. The number of likely N-dealkylation sites (N-methyl/N-ethyl adjacent to an activating group) is 1. The lowest BCUT2D eigenvalue weighted by Gasteiger charge is -2.10. The quantitative estimate of drug-likeness (QED) is 0.561. The van der Waals surface area contributed by atoms with Crippen molar-refractivity contribution < 1.29 is 0 Å². The maximum atomic E-state index is 5.49. The van der Waals surface area contributed by atoms with E-state index in [4.69, 9.17) is 5.73 Å². The van der Waals surface area contributed by atoms with Gasteiger partial charge in [0, 0.05) is 18.4 Å². The van der Waals surface area contributed by atoms with Gasteiger partial charge in [0.05, 0.1) is 6.04 Å². The largest absolute Gasteiger partial charge is 0.364 e. The molecular weight excluding hydrogens is 126 g/mol. The van der Waals surface area contributed by atoms with Gasteiger partial charge in [-0.15, -0.1) is 0 Å². The highest BCUT2D eigenvalue weighted by Crippen LogP contribution is 2.06. The van der Waals surface area contributed by atoms with Gasteiger partial charge in [-0.2, -0.15) is 0 Å². The predicted molar refractivity (Wildman–Crippen MR) is 41.6 cm³/mol. The third kappa shape index (κ3) is 1.37. The lowest BCUT2D eigenvalue weighted by molar-refractivity contribution is 0.592. The highest BCUT2D eigenvalue weighted by Gasteiger charge is 2.04. The Hall–Kier alpha value is -0.800. The molecule has 3 nitrogen and oxygen atoms in total. The van der Waals surface area contributed by atoms with E-state index >= 15 is 0 Å². The van der Waals surface area contributed by atoms with E-state index in [0.717, 1.165) is 5.69 Å². The van der Waals surface area contributed by atoms with Crippen molar-refractivity contribution in [1.29, 1.82) is 0 Å². The van der Waals surface area contributed by atoms with Crippen LogP contribution >= 0.6 is 0 Å². The molecule has 10 heavy (non-hydrogen) atoms. The summed E-state index contributed by atoms with van der Waals surface area (Å²) in [5.74, 6) is 0. The summed E-state index contributed by atoms with van der Waals surface area (Å²) in [6.07, 6.45) is 1.90. The lowest BCUT2D eigenvalue weighted by atomic mass is 10.2. The summed E-state index contributed by atoms with van der Waals surface area (Å²) in [5, 5.41) is 3.10. The molecule has 0 aliphatic rings. The normalized spacial score (nSPS) is 13.4. The summed E-state index contributed by atoms with van der Waals surface area (Å²) in [7, 11) is 1.90. The molecule has 1 unspecified atom stereocenters. The molecule has 0 aromatic carbocycles. The number of nitrogens with one attached hydrogen (secondary N) is 2. The van der Waals surface area contributed by atoms with E-state index in [-0.39, 0.29) is 6.04 Å². The Morgan fingerprint density at radius 2 is 2.60 bits per heavy atom. The Labute approximate surface area is 60.6 Å². The molecule has 1 heterocycles. The van der Waals surface area contributed by atoms with Crippen LogP contribution in [0.5, 0.6) is 0 Å². The van der Waals surface area contributed by atoms with Crippen molar-refractivity contribution >= 4 is 0 Å². The molecule has 1 atom stereocenters. The molecule has 0 saturated carbocycles. The zero-order valence-corrected chi connectivity index (χ0v) is 6.09. The van der Waals surface area contributed by atoms with Crippen molar-refractivity contribution in [3.63, 3.8) is 0 Å². The molecule has 0 fully saturated rings. The van der Waals surface area contributed by atoms with Gasteiger partial charge in [0.15, 0.2) is 0 Å². The van der Waals surface area contributed by atoms with Crippen LogP contribution in [0.4, 0.5) is 0 Å². The molecule has 0 spiro atoms. The predicted octanol–water partition coefficient (Wildman–Crippen LogP) is 0.234. The van der Waals surface area contributed by atoms with E-state index in [0.29, 0.717) is 6.54 Å². The molecule has 0 bridgehead atoms. The SMILES string of the molecule is CNC(CN)c1ccc[nH]1. The highest BCUT2D eigenvalue weighted by atomic mass is 14.9. The van der Waals surface area contributed by atoms with Crippen LogP contribution in [0.3, 0.4) is 0 Å². The van der Waals surface area contributed by atoms with Crippen LogP contribution in [0.15, 0.2) is 18.3 Å². The van der Waals surface area contributed by atoms with Crippen LogP contribution in [-0.4, -0.2) is 18.6 Å². The fraction of sp³-hybridized carbons (Fsp3) is 0.429. The summed E-state index contributed by atoms with van der Waals surface area (Å²) in [6, 6.07) is 4.25. The Morgan fingerprint density at radius 1 is 1.80 bits per heavy atom. The molecule has 1 aromatic heterocycles. The lowest BCUT2D eigenvalue weighted by Crippen LogP contribution is -2.24. The van der Waals surface area contributed by atoms with Gasteiger partial charge >= 0.3 is 0 Å². The third-order valence-corrected chi connectivity index (χ3v) is 1.58. The van der Waals surface area contributed by atoms with Gasteiger partial charge in [0.2, 0.25) is 0 Å². The minimum atomic E-state index is 0.259. The first kappa shape index (κ1) is 7.31. The molecule has 1 rings (SSSR count). The van der Waals surface area contributed by atoms with Gasteiger partial charge in [0.25, 0.3) is 0 Å². The summed E-state index contributed by atoms with van der Waals surface area (Å²) in [4.78, 5) is 3.10. The monoisotopic (exact) mass is 139 g/mol. The van der Waals surface area contributed by atoms with E-state index < -0.39 is 0 Å². The summed E-state index contributed by atoms with van der Waals surface area (Å²) in [5.41, 5.74) is 6.64. The van der Waals surface area contributed by atoms with Crippen molar-refractivity contribution in [2.24, 2.45) is 5.73 Å². The van der Waals surface area contributed by atoms with Crippen molar-refractivity contribution in [2.45, 2.75) is 6.04 Å². The topological polar surface area (TPSA) is 53.8 Å². The molecule has 0 aliphatic heterocycles. The summed E-state index contributed by atoms with van der Waals surface area (Å²) in [6.45, 7) is 0.622. The Balaban J connectivity index is 2.64. The second-order valence-electron chi connectivity index (χ2n) is 2.20. The molecule has 56 valence electrons. The molecular formula is C7H13N3. The van der Waals surface area contributed by atoms with Gasteiger partial charge in [-0.1, -0.05) is 0 Å². The maximum Gasteiger partial charge on any atom is 0.0594 e. The smallest absolute Gasteiger partial charge is 0.0594 e. The fourth-order valence-electron chi connectivity index (χ4n) is 0.961. The minimum Gasteiger partial charge on any atom is -0.364 e. The Morgan fingerprint density at radius 3 is 3.00 bits per heavy atom. The van der Waals surface area contributed by atoms with E-state index in [2.05, 4.69) is 10.3 Å². The van der Waals surface area contributed by atoms with Crippen LogP contribution in [0.25, 0.3) is 0 Å². The second kappa shape index (κ2) is 3.39. The Kier molecular flexibility index (Phi) is 2.48. The van der Waals surface area contributed by atoms with Crippen molar-refractivity contribution in [3.8, 4) is 0 Å². The second-order valence-corrected chi connectivity index (χ2v) is 2.20.